The van der Waals surface area contributed by atoms with E-state index < -0.39 is 20.2 Å². The summed E-state index contributed by atoms with van der Waals surface area (Å²) in [5.74, 6) is 0.0515. The molecule has 2 heterocycles. The maximum absolute atomic E-state index is 12.5. The zero-order chi connectivity index (χ0) is 24.7. The summed E-state index contributed by atoms with van der Waals surface area (Å²) in [6.07, 6.45) is 2.97. The molecule has 1 aromatic heterocycles. The van der Waals surface area contributed by atoms with Gasteiger partial charge >= 0.3 is 14.1 Å². The molecule has 1 aliphatic rings. The van der Waals surface area contributed by atoms with Crippen LogP contribution in [0.1, 0.15) is 36.6 Å². The molecule has 10 nitrogen and oxygen atoms in total. The third-order valence-corrected chi connectivity index (χ3v) is 6.49. The average Bonchev–Trinajstić information content (AvgIpc) is 2.82. The van der Waals surface area contributed by atoms with Crippen LogP contribution in [-0.4, -0.2) is 53.2 Å². The number of hydrogen-bond acceptors (Lipinski definition) is 10. The SMILES string of the molecule is Cc1ncc(COc2ccccc2O[P+]([O-])=NC(C)C(=O)OC2CCN(C)CC2)c(CN)c1O. The minimum absolute atomic E-state index is 0.0381. The third-order valence-electron chi connectivity index (χ3n) is 5.60. The molecule has 1 aliphatic heterocycles. The second-order valence-electron chi connectivity index (χ2n) is 8.20. The molecule has 2 atom stereocenters. The number of aryl methyl sites for hydroxylation is 1. The Morgan fingerprint density at radius 1 is 1.35 bits per heavy atom. The van der Waals surface area contributed by atoms with Crippen LogP contribution in [0.25, 0.3) is 0 Å². The number of nitrogens with two attached hydrogens (primary N) is 1. The van der Waals surface area contributed by atoms with E-state index in [-0.39, 0.29) is 30.8 Å². The molecule has 3 N–H and O–H groups in total. The molecule has 0 aliphatic carbocycles. The summed E-state index contributed by atoms with van der Waals surface area (Å²) in [5.41, 5.74) is 7.41. The van der Waals surface area contributed by atoms with Gasteiger partial charge in [-0.05, 0) is 45.9 Å². The summed E-state index contributed by atoms with van der Waals surface area (Å²) in [4.78, 5) is 31.2. The van der Waals surface area contributed by atoms with Crippen molar-refractivity contribution in [1.82, 2.24) is 9.88 Å². The fourth-order valence-corrected chi connectivity index (χ4v) is 4.24. The molecule has 1 aromatic carbocycles. The largest absolute Gasteiger partial charge is 0.575 e. The Morgan fingerprint density at radius 2 is 2.03 bits per heavy atom. The quantitative estimate of drug-likeness (QED) is 0.400. The van der Waals surface area contributed by atoms with Crippen LogP contribution in [0.2, 0.25) is 0 Å². The topological polar surface area (TPSA) is 143 Å². The monoisotopic (exact) mass is 490 g/mol. The van der Waals surface area contributed by atoms with Crippen molar-refractivity contribution in [1.29, 1.82) is 0 Å². The number of pyridine rings is 1. The fourth-order valence-electron chi connectivity index (χ4n) is 3.50. The summed E-state index contributed by atoms with van der Waals surface area (Å²) in [6.45, 7) is 5.14. The Balaban J connectivity index is 1.62. The minimum Gasteiger partial charge on any atom is -0.575 e. The lowest BCUT2D eigenvalue weighted by Crippen LogP contribution is -2.36. The number of aromatic hydroxyl groups is 1. The van der Waals surface area contributed by atoms with Crippen LogP contribution in [0.15, 0.2) is 35.2 Å². The maximum atomic E-state index is 12.5. The van der Waals surface area contributed by atoms with Gasteiger partial charge in [0.15, 0.2) is 11.8 Å². The molecule has 0 radical (unpaired) electrons. The highest BCUT2D eigenvalue weighted by atomic mass is 31.1. The van der Waals surface area contributed by atoms with Gasteiger partial charge in [0.2, 0.25) is 5.75 Å². The first-order chi connectivity index (χ1) is 16.3. The van der Waals surface area contributed by atoms with Crippen LogP contribution < -0.4 is 19.9 Å². The van der Waals surface area contributed by atoms with Gasteiger partial charge in [-0.1, -0.05) is 16.9 Å². The molecule has 3 rings (SSSR count). The Kier molecular flexibility index (Phi) is 9.18. The van der Waals surface area contributed by atoms with Gasteiger partial charge in [0.25, 0.3) is 0 Å². The van der Waals surface area contributed by atoms with Gasteiger partial charge in [-0.2, -0.15) is 0 Å². The highest BCUT2D eigenvalue weighted by molar-refractivity contribution is 7.34. The van der Waals surface area contributed by atoms with Gasteiger partial charge in [-0.15, -0.1) is 0 Å². The van der Waals surface area contributed by atoms with E-state index in [0.29, 0.717) is 22.6 Å². The van der Waals surface area contributed by atoms with Gasteiger partial charge in [0.05, 0.1) is 5.69 Å². The first-order valence-electron chi connectivity index (χ1n) is 11.1. The zero-order valence-corrected chi connectivity index (χ0v) is 20.5. The Labute approximate surface area is 200 Å². The van der Waals surface area contributed by atoms with E-state index in [4.69, 9.17) is 19.7 Å². The van der Waals surface area contributed by atoms with Crippen LogP contribution in [-0.2, 0) is 22.7 Å². The van der Waals surface area contributed by atoms with E-state index in [2.05, 4.69) is 14.6 Å². The molecular formula is C23H31N4O6P. The fraction of sp³-hybridized carbons (Fsp3) is 0.478. The Morgan fingerprint density at radius 3 is 2.71 bits per heavy atom. The van der Waals surface area contributed by atoms with Gasteiger partial charge in [0.1, 0.15) is 18.5 Å². The Bertz CT molecular complexity index is 1030. The van der Waals surface area contributed by atoms with Crippen molar-refractivity contribution in [3.8, 4) is 17.2 Å². The number of hydrogen-bond donors (Lipinski definition) is 2. The van der Waals surface area contributed by atoms with Crippen molar-refractivity contribution in [3.63, 3.8) is 0 Å². The van der Waals surface area contributed by atoms with E-state index in [1.807, 2.05) is 7.05 Å². The van der Waals surface area contributed by atoms with Crippen molar-refractivity contribution in [3.05, 3.63) is 47.3 Å². The molecule has 0 bridgehead atoms. The molecule has 2 aromatic rings. The second-order valence-corrected chi connectivity index (χ2v) is 9.08. The number of aromatic nitrogens is 1. The van der Waals surface area contributed by atoms with Crippen molar-refractivity contribution in [2.24, 2.45) is 10.5 Å². The molecule has 184 valence electrons. The summed E-state index contributed by atoms with van der Waals surface area (Å²) in [7, 11) is -0.519. The first-order valence-corrected chi connectivity index (χ1v) is 12.2. The molecule has 2 unspecified atom stereocenters. The number of ether oxygens (including phenoxy) is 2. The number of likely N-dealkylation sites (tertiary alicyclic amines) is 1. The van der Waals surface area contributed by atoms with Gasteiger partial charge in [0, 0.05) is 37.0 Å². The van der Waals surface area contributed by atoms with E-state index >= 15 is 0 Å². The molecule has 11 heteroatoms. The number of esters is 1. The molecule has 1 fully saturated rings. The first kappa shape index (κ1) is 25.8. The maximum Gasteiger partial charge on any atom is 0.395 e. The van der Waals surface area contributed by atoms with Crippen molar-refractivity contribution < 1.29 is 28.8 Å². The number of nitrogens with zero attached hydrogens (tertiary/aromatic N) is 3. The predicted octanol–water partition coefficient (Wildman–Crippen LogP) is 2.39. The number of rotatable bonds is 9. The van der Waals surface area contributed by atoms with Crippen LogP contribution in [0, 0.1) is 6.92 Å². The summed E-state index contributed by atoms with van der Waals surface area (Å²) < 4.78 is 20.7. The van der Waals surface area contributed by atoms with Crippen molar-refractivity contribution in [2.75, 3.05) is 20.1 Å². The van der Waals surface area contributed by atoms with Crippen LogP contribution in [0.5, 0.6) is 17.2 Å². The highest BCUT2D eigenvalue weighted by Crippen LogP contribution is 2.34. The summed E-state index contributed by atoms with van der Waals surface area (Å²) in [6, 6.07) is 5.76. The van der Waals surface area contributed by atoms with Crippen LogP contribution in [0.4, 0.5) is 0 Å². The lowest BCUT2D eigenvalue weighted by molar-refractivity contribution is -0.170. The van der Waals surface area contributed by atoms with Gasteiger partial charge in [-0.3, -0.25) is 9.51 Å². The zero-order valence-electron chi connectivity index (χ0n) is 19.6. The molecule has 0 saturated carbocycles. The Hall–Kier alpha value is -2.78. The molecule has 1 saturated heterocycles. The smallest absolute Gasteiger partial charge is 0.395 e. The second kappa shape index (κ2) is 12.1. The van der Waals surface area contributed by atoms with Crippen molar-refractivity contribution >= 4 is 14.1 Å². The molecule has 0 amide bonds. The number of para-hydroxylation sites is 2. The van der Waals surface area contributed by atoms with E-state index in [1.54, 1.807) is 37.4 Å². The van der Waals surface area contributed by atoms with E-state index in [1.165, 1.54) is 6.92 Å². The standard InChI is InChI=1S/C23H31N4O6P/c1-15-22(28)19(12-24)17(13-25-15)14-31-20-6-4-5-7-21(20)33-34(30)26-16(2)23(29)32-18-8-10-27(3)11-9-18/h4-7,13,16,18,28H,8-12,14,24H2,1-3H3. The van der Waals surface area contributed by atoms with Crippen molar-refractivity contribution in [2.45, 2.75) is 52.0 Å². The lowest BCUT2D eigenvalue weighted by Gasteiger charge is -2.28. The third kappa shape index (κ3) is 6.87. The normalized spacial score (nSPS) is 16.2. The minimum atomic E-state index is -2.55. The number of carbonyl (C=O) groups is 1. The predicted molar refractivity (Wildman–Crippen MR) is 125 cm³/mol. The van der Waals surface area contributed by atoms with E-state index in [0.717, 1.165) is 25.9 Å². The highest BCUT2D eigenvalue weighted by Gasteiger charge is 2.25. The number of benzene rings is 1. The molecule has 0 spiro atoms. The number of carbonyl (C=O) groups excluding carboxylic acids is 1. The van der Waals surface area contributed by atoms with E-state index in [9.17, 15) is 14.8 Å². The summed E-state index contributed by atoms with van der Waals surface area (Å²) >= 11 is 0. The average molecular weight is 490 g/mol. The van der Waals surface area contributed by atoms with Gasteiger partial charge in [-0.25, -0.2) is 4.79 Å². The lowest BCUT2D eigenvalue weighted by atomic mass is 10.1. The molecular weight excluding hydrogens is 459 g/mol. The number of piperidine rings is 1. The van der Waals surface area contributed by atoms with Gasteiger partial charge < -0.3 is 30.1 Å². The molecule has 34 heavy (non-hydrogen) atoms. The summed E-state index contributed by atoms with van der Waals surface area (Å²) in [5, 5.41) is 10.2. The van der Waals surface area contributed by atoms with Crippen LogP contribution >= 0.6 is 8.17 Å². The van der Waals surface area contributed by atoms with Crippen LogP contribution in [0.3, 0.4) is 0 Å².